The summed E-state index contributed by atoms with van der Waals surface area (Å²) in [5, 5.41) is 3.65. The molecule has 14 heavy (non-hydrogen) atoms. The van der Waals surface area contributed by atoms with Gasteiger partial charge in [0.25, 0.3) is 0 Å². The number of nitrogens with two attached hydrogens (primary N) is 1. The summed E-state index contributed by atoms with van der Waals surface area (Å²) in [6, 6.07) is 1.67. The molecule has 0 saturated heterocycles. The Bertz CT molecular complexity index is 385. The van der Waals surface area contributed by atoms with Crippen LogP contribution < -0.4 is 10.5 Å². The number of rotatable bonds is 5. The van der Waals surface area contributed by atoms with Crippen LogP contribution in [0, 0.1) is 6.92 Å². The second-order valence-electron chi connectivity index (χ2n) is 2.86. The molecule has 0 amide bonds. The molecule has 6 nitrogen and oxygen atoms in total. The second-order valence-corrected chi connectivity index (χ2v) is 4.78. The molecule has 1 aromatic heterocycles. The molecule has 0 aliphatic rings. The van der Waals surface area contributed by atoms with Gasteiger partial charge < -0.3 is 10.3 Å². The highest BCUT2D eigenvalue weighted by atomic mass is 32.2. The number of nitrogens with one attached hydrogen (secondary N) is 1. The lowest BCUT2D eigenvalue weighted by molar-refractivity contribution is 0.390. The molecule has 0 spiro atoms. The molecule has 3 N–H and O–H groups in total. The Kier molecular flexibility index (Phi) is 3.62. The minimum absolute atomic E-state index is 0.0795. The molecule has 7 heteroatoms. The van der Waals surface area contributed by atoms with Crippen molar-refractivity contribution in [1.29, 1.82) is 0 Å². The fourth-order valence-corrected chi connectivity index (χ4v) is 1.73. The number of aryl methyl sites for hydroxylation is 1. The number of hydrogen-bond donors (Lipinski definition) is 2. The largest absolute Gasteiger partial charge is 0.361 e. The van der Waals surface area contributed by atoms with Gasteiger partial charge in [-0.05, 0) is 6.92 Å². The van der Waals surface area contributed by atoms with Crippen LogP contribution in [0.4, 0.5) is 0 Å². The minimum Gasteiger partial charge on any atom is -0.361 e. The van der Waals surface area contributed by atoms with Crippen LogP contribution >= 0.6 is 0 Å². The van der Waals surface area contributed by atoms with Gasteiger partial charge in [0.1, 0.15) is 5.76 Å². The highest BCUT2D eigenvalue weighted by molar-refractivity contribution is 7.89. The lowest BCUT2D eigenvalue weighted by Gasteiger charge is -2.01. The highest BCUT2D eigenvalue weighted by Crippen LogP contribution is 2.01. The Balaban J connectivity index is 2.48. The van der Waals surface area contributed by atoms with Crippen molar-refractivity contribution in [2.45, 2.75) is 13.5 Å². The van der Waals surface area contributed by atoms with Crippen molar-refractivity contribution in [3.8, 4) is 0 Å². The summed E-state index contributed by atoms with van der Waals surface area (Å²) >= 11 is 0. The van der Waals surface area contributed by atoms with Crippen LogP contribution in [-0.2, 0) is 16.6 Å². The van der Waals surface area contributed by atoms with Crippen molar-refractivity contribution in [3.63, 3.8) is 0 Å². The van der Waals surface area contributed by atoms with Gasteiger partial charge in [-0.15, -0.1) is 0 Å². The molecular formula is C7H13N3O3S. The Hall–Kier alpha value is -0.920. The van der Waals surface area contributed by atoms with E-state index in [0.29, 0.717) is 11.5 Å². The smallest absolute Gasteiger partial charge is 0.213 e. The molecule has 0 saturated carbocycles. The topological polar surface area (TPSA) is 98.2 Å². The number of nitrogens with zero attached hydrogens (tertiary/aromatic N) is 1. The third-order valence-electron chi connectivity index (χ3n) is 1.54. The van der Waals surface area contributed by atoms with Gasteiger partial charge in [0, 0.05) is 12.6 Å². The van der Waals surface area contributed by atoms with Crippen molar-refractivity contribution in [1.82, 2.24) is 9.88 Å². The van der Waals surface area contributed by atoms with Gasteiger partial charge >= 0.3 is 0 Å². The van der Waals surface area contributed by atoms with Crippen LogP contribution in [0.2, 0.25) is 0 Å². The molecule has 1 rings (SSSR count). The van der Waals surface area contributed by atoms with Crippen molar-refractivity contribution >= 4 is 10.0 Å². The summed E-state index contributed by atoms with van der Waals surface area (Å²) in [4.78, 5) is 0. The Morgan fingerprint density at radius 3 is 2.86 bits per heavy atom. The van der Waals surface area contributed by atoms with Crippen LogP contribution in [0.15, 0.2) is 10.6 Å². The van der Waals surface area contributed by atoms with E-state index in [1.54, 1.807) is 13.0 Å². The number of sulfonamides is 1. The van der Waals surface area contributed by atoms with Crippen LogP contribution in [0.5, 0.6) is 0 Å². The average Bonchev–Trinajstić information content (AvgIpc) is 2.48. The zero-order valence-electron chi connectivity index (χ0n) is 7.86. The first-order valence-corrected chi connectivity index (χ1v) is 5.78. The van der Waals surface area contributed by atoms with E-state index in [-0.39, 0.29) is 18.8 Å². The van der Waals surface area contributed by atoms with Crippen molar-refractivity contribution in [3.05, 3.63) is 17.5 Å². The zero-order valence-corrected chi connectivity index (χ0v) is 8.67. The van der Waals surface area contributed by atoms with Gasteiger partial charge in [0.05, 0.1) is 18.0 Å². The summed E-state index contributed by atoms with van der Waals surface area (Å²) in [5.41, 5.74) is 5.69. The maximum atomic E-state index is 11.2. The van der Waals surface area contributed by atoms with Crippen LogP contribution in [0.1, 0.15) is 11.5 Å². The highest BCUT2D eigenvalue weighted by Gasteiger charge is 2.09. The molecule has 0 aliphatic heterocycles. The monoisotopic (exact) mass is 219 g/mol. The first kappa shape index (κ1) is 11.2. The van der Waals surface area contributed by atoms with Crippen LogP contribution in [0.25, 0.3) is 0 Å². The molecule has 0 aliphatic carbocycles. The summed E-state index contributed by atoms with van der Waals surface area (Å²) in [7, 11) is -3.28. The molecule has 80 valence electrons. The van der Waals surface area contributed by atoms with E-state index in [9.17, 15) is 8.42 Å². The lowest BCUT2D eigenvalue weighted by Crippen LogP contribution is -2.29. The first-order valence-electron chi connectivity index (χ1n) is 4.13. The molecular weight excluding hydrogens is 206 g/mol. The van der Waals surface area contributed by atoms with E-state index in [1.807, 2.05) is 0 Å². The quantitative estimate of drug-likeness (QED) is 0.686. The molecule has 0 fully saturated rings. The van der Waals surface area contributed by atoms with Crippen molar-refractivity contribution < 1.29 is 12.9 Å². The second kappa shape index (κ2) is 4.54. The predicted molar refractivity (Wildman–Crippen MR) is 50.9 cm³/mol. The number of hydrogen-bond acceptors (Lipinski definition) is 5. The fourth-order valence-electron chi connectivity index (χ4n) is 0.912. The Morgan fingerprint density at radius 2 is 2.36 bits per heavy atom. The van der Waals surface area contributed by atoms with Gasteiger partial charge in [0.15, 0.2) is 0 Å². The Labute approximate surface area is 82.5 Å². The average molecular weight is 219 g/mol. The molecule has 0 aromatic carbocycles. The van der Waals surface area contributed by atoms with Gasteiger partial charge in [-0.1, -0.05) is 5.16 Å². The van der Waals surface area contributed by atoms with Gasteiger partial charge in [-0.25, -0.2) is 13.1 Å². The van der Waals surface area contributed by atoms with E-state index < -0.39 is 10.0 Å². The van der Waals surface area contributed by atoms with Gasteiger partial charge in [-0.3, -0.25) is 0 Å². The third kappa shape index (κ3) is 3.44. The summed E-state index contributed by atoms with van der Waals surface area (Å²) in [6.45, 7) is 1.98. The van der Waals surface area contributed by atoms with Gasteiger partial charge in [0.2, 0.25) is 10.0 Å². The molecule has 0 atom stereocenters. The van der Waals surface area contributed by atoms with E-state index in [2.05, 4.69) is 9.88 Å². The molecule has 0 radical (unpaired) electrons. The SMILES string of the molecule is Cc1cc(CNS(=O)(=O)CCN)no1. The van der Waals surface area contributed by atoms with Crippen LogP contribution in [0.3, 0.4) is 0 Å². The molecule has 0 unspecified atom stereocenters. The lowest BCUT2D eigenvalue weighted by atomic mass is 10.4. The predicted octanol–water partition coefficient (Wildman–Crippen LogP) is -0.639. The van der Waals surface area contributed by atoms with Crippen molar-refractivity contribution in [2.24, 2.45) is 5.73 Å². The maximum absolute atomic E-state index is 11.2. The standard InChI is InChI=1S/C7H13N3O3S/c1-6-4-7(10-13-6)5-9-14(11,12)3-2-8/h4,9H,2-3,5,8H2,1H3. The minimum atomic E-state index is -3.28. The maximum Gasteiger partial charge on any atom is 0.213 e. The normalized spacial score (nSPS) is 11.9. The Morgan fingerprint density at radius 1 is 1.64 bits per heavy atom. The zero-order chi connectivity index (χ0) is 10.6. The summed E-state index contributed by atoms with van der Waals surface area (Å²) in [5.74, 6) is 0.571. The van der Waals surface area contributed by atoms with Gasteiger partial charge in [-0.2, -0.15) is 0 Å². The fraction of sp³-hybridized carbons (Fsp3) is 0.571. The van der Waals surface area contributed by atoms with Crippen molar-refractivity contribution in [2.75, 3.05) is 12.3 Å². The first-order chi connectivity index (χ1) is 6.53. The van der Waals surface area contributed by atoms with E-state index in [1.165, 1.54) is 0 Å². The number of aromatic nitrogens is 1. The molecule has 1 heterocycles. The summed E-state index contributed by atoms with van der Waals surface area (Å²) in [6.07, 6.45) is 0. The summed E-state index contributed by atoms with van der Waals surface area (Å²) < 4.78 is 29.5. The van der Waals surface area contributed by atoms with E-state index in [4.69, 9.17) is 10.3 Å². The molecule has 0 bridgehead atoms. The van der Waals surface area contributed by atoms with E-state index in [0.717, 1.165) is 0 Å². The molecule has 1 aromatic rings. The third-order valence-corrected chi connectivity index (χ3v) is 2.89. The van der Waals surface area contributed by atoms with Crippen LogP contribution in [-0.4, -0.2) is 25.9 Å². The van der Waals surface area contributed by atoms with E-state index >= 15 is 0 Å².